The first-order valence-electron chi connectivity index (χ1n) is 8.71. The number of nitro groups is 2. The Labute approximate surface area is 155 Å². The second-order valence-electron chi connectivity index (χ2n) is 6.68. The molecule has 1 N–H and O–H groups in total. The van der Waals surface area contributed by atoms with Crippen LogP contribution in [0.5, 0.6) is 0 Å². The van der Waals surface area contributed by atoms with Gasteiger partial charge in [-0.1, -0.05) is 18.2 Å². The topological polar surface area (TPSA) is 115 Å². The second-order valence-corrected chi connectivity index (χ2v) is 6.68. The van der Waals surface area contributed by atoms with Crippen molar-refractivity contribution in [1.82, 2.24) is 5.32 Å². The van der Waals surface area contributed by atoms with Crippen LogP contribution in [0.4, 0.5) is 11.4 Å². The molecule has 1 aliphatic carbocycles. The van der Waals surface area contributed by atoms with E-state index in [1.807, 2.05) is 13.0 Å². The Hall–Kier alpha value is -3.29. The number of nitro benzene ring substituents is 2. The minimum absolute atomic E-state index is 0.110. The van der Waals surface area contributed by atoms with Crippen molar-refractivity contribution in [3.05, 3.63) is 78.9 Å². The number of benzene rings is 2. The summed E-state index contributed by atoms with van der Waals surface area (Å²) < 4.78 is 0. The highest BCUT2D eigenvalue weighted by atomic mass is 16.6. The lowest BCUT2D eigenvalue weighted by Crippen LogP contribution is -2.27. The first kappa shape index (κ1) is 18.5. The van der Waals surface area contributed by atoms with E-state index in [-0.39, 0.29) is 11.6 Å². The molecular formula is C19H19N3O5. The number of rotatable bonds is 5. The molecule has 2 aromatic rings. The summed E-state index contributed by atoms with van der Waals surface area (Å²) in [7, 11) is 0. The molecule has 140 valence electrons. The fourth-order valence-corrected chi connectivity index (χ4v) is 3.32. The first-order chi connectivity index (χ1) is 12.8. The Morgan fingerprint density at radius 3 is 2.15 bits per heavy atom. The van der Waals surface area contributed by atoms with E-state index >= 15 is 0 Å². The van der Waals surface area contributed by atoms with Crippen LogP contribution in [0.25, 0.3) is 0 Å². The van der Waals surface area contributed by atoms with Crippen molar-refractivity contribution in [2.45, 2.75) is 38.6 Å². The van der Waals surface area contributed by atoms with Crippen molar-refractivity contribution in [3.63, 3.8) is 0 Å². The van der Waals surface area contributed by atoms with Gasteiger partial charge in [-0.3, -0.25) is 25.0 Å². The molecule has 1 aliphatic rings. The standard InChI is InChI=1S/C19H19N3O5/c1-12(14-7-6-13-4-2-3-5-15(13)8-14)20-19(23)16-9-17(21(24)25)11-18(10-16)22(26)27/h6-12H,2-5H2,1H3,(H,20,23). The van der Waals surface area contributed by atoms with E-state index in [9.17, 15) is 25.0 Å². The molecule has 27 heavy (non-hydrogen) atoms. The van der Waals surface area contributed by atoms with Gasteiger partial charge in [-0.2, -0.15) is 0 Å². The highest BCUT2D eigenvalue weighted by Crippen LogP contribution is 2.26. The minimum atomic E-state index is -0.753. The molecule has 1 atom stereocenters. The molecule has 0 saturated heterocycles. The van der Waals surface area contributed by atoms with Crippen LogP contribution in [-0.2, 0) is 12.8 Å². The van der Waals surface area contributed by atoms with Crippen LogP contribution >= 0.6 is 0 Å². The first-order valence-corrected chi connectivity index (χ1v) is 8.71. The van der Waals surface area contributed by atoms with Gasteiger partial charge in [-0.15, -0.1) is 0 Å². The highest BCUT2D eigenvalue weighted by molar-refractivity contribution is 5.95. The molecule has 2 aromatic carbocycles. The lowest BCUT2D eigenvalue weighted by atomic mass is 9.89. The summed E-state index contributed by atoms with van der Waals surface area (Å²) in [5.74, 6) is -0.591. The van der Waals surface area contributed by atoms with Crippen molar-refractivity contribution < 1.29 is 14.6 Å². The molecule has 0 spiro atoms. The van der Waals surface area contributed by atoms with Gasteiger partial charge in [0.25, 0.3) is 17.3 Å². The summed E-state index contributed by atoms with van der Waals surface area (Å²) in [4.78, 5) is 33.0. The molecule has 0 aromatic heterocycles. The summed E-state index contributed by atoms with van der Waals surface area (Å²) >= 11 is 0. The predicted octanol–water partition coefficient (Wildman–Crippen LogP) is 3.87. The van der Waals surface area contributed by atoms with Crippen molar-refractivity contribution in [3.8, 4) is 0 Å². The van der Waals surface area contributed by atoms with E-state index in [0.29, 0.717) is 0 Å². The molecule has 1 amide bonds. The molecule has 3 rings (SSSR count). The van der Waals surface area contributed by atoms with Crippen molar-refractivity contribution in [2.75, 3.05) is 0 Å². The Kier molecular flexibility index (Phi) is 5.16. The van der Waals surface area contributed by atoms with Gasteiger partial charge in [0.1, 0.15) is 0 Å². The summed E-state index contributed by atoms with van der Waals surface area (Å²) in [6, 6.07) is 8.71. The van der Waals surface area contributed by atoms with E-state index in [4.69, 9.17) is 0 Å². The quantitative estimate of drug-likeness (QED) is 0.634. The zero-order chi connectivity index (χ0) is 19.6. The fourth-order valence-electron chi connectivity index (χ4n) is 3.32. The maximum absolute atomic E-state index is 12.5. The molecule has 0 radical (unpaired) electrons. The smallest absolute Gasteiger partial charge is 0.277 e. The molecular weight excluding hydrogens is 350 g/mol. The Morgan fingerprint density at radius 2 is 1.56 bits per heavy atom. The van der Waals surface area contributed by atoms with E-state index in [0.717, 1.165) is 43.0 Å². The lowest BCUT2D eigenvalue weighted by Gasteiger charge is -2.20. The number of hydrogen-bond acceptors (Lipinski definition) is 5. The Bertz CT molecular complexity index is 893. The summed E-state index contributed by atoms with van der Waals surface area (Å²) in [6.07, 6.45) is 4.41. The second kappa shape index (κ2) is 7.53. The molecule has 8 heteroatoms. The van der Waals surface area contributed by atoms with Crippen molar-refractivity contribution in [2.24, 2.45) is 0 Å². The number of aryl methyl sites for hydroxylation is 2. The number of fused-ring (bicyclic) bond motifs is 1. The number of amides is 1. The van der Waals surface area contributed by atoms with Crippen LogP contribution < -0.4 is 5.32 Å². The van der Waals surface area contributed by atoms with E-state index in [1.54, 1.807) is 0 Å². The van der Waals surface area contributed by atoms with E-state index in [1.165, 1.54) is 17.5 Å². The predicted molar refractivity (Wildman–Crippen MR) is 98.7 cm³/mol. The normalized spacial score (nSPS) is 14.1. The van der Waals surface area contributed by atoms with Crippen LogP contribution in [0.1, 0.15) is 52.9 Å². The SMILES string of the molecule is CC(NC(=O)c1cc([N+](=O)[O-])cc([N+](=O)[O-])c1)c1ccc2c(c1)CCCC2. The van der Waals surface area contributed by atoms with Crippen LogP contribution in [0.2, 0.25) is 0 Å². The maximum atomic E-state index is 12.5. The average Bonchev–Trinajstić information content (AvgIpc) is 2.67. The van der Waals surface area contributed by atoms with Gasteiger partial charge in [0.05, 0.1) is 27.5 Å². The number of nitrogens with zero attached hydrogens (tertiary/aromatic N) is 2. The van der Waals surface area contributed by atoms with Crippen LogP contribution in [0, 0.1) is 20.2 Å². The Balaban J connectivity index is 1.82. The van der Waals surface area contributed by atoms with Gasteiger partial charge >= 0.3 is 0 Å². The van der Waals surface area contributed by atoms with Crippen LogP contribution in [-0.4, -0.2) is 15.8 Å². The number of carbonyl (C=O) groups excluding carboxylic acids is 1. The van der Waals surface area contributed by atoms with Gasteiger partial charge in [0, 0.05) is 12.1 Å². The van der Waals surface area contributed by atoms with Crippen molar-refractivity contribution in [1.29, 1.82) is 0 Å². The van der Waals surface area contributed by atoms with Gasteiger partial charge in [0.15, 0.2) is 0 Å². The summed E-state index contributed by atoms with van der Waals surface area (Å²) in [5, 5.41) is 24.7. The maximum Gasteiger partial charge on any atom is 0.277 e. The molecule has 0 bridgehead atoms. The minimum Gasteiger partial charge on any atom is -0.346 e. The average molecular weight is 369 g/mol. The summed E-state index contributed by atoms with van der Waals surface area (Å²) in [5.41, 5.74) is 2.46. The largest absolute Gasteiger partial charge is 0.346 e. The fraction of sp³-hybridized carbons (Fsp3) is 0.316. The molecule has 1 unspecified atom stereocenters. The van der Waals surface area contributed by atoms with Crippen LogP contribution in [0.15, 0.2) is 36.4 Å². The number of hydrogen-bond donors (Lipinski definition) is 1. The molecule has 0 aliphatic heterocycles. The van der Waals surface area contributed by atoms with E-state index < -0.39 is 27.1 Å². The lowest BCUT2D eigenvalue weighted by molar-refractivity contribution is -0.394. The van der Waals surface area contributed by atoms with Gasteiger partial charge in [-0.05, 0) is 49.3 Å². The van der Waals surface area contributed by atoms with Crippen molar-refractivity contribution >= 4 is 17.3 Å². The molecule has 0 heterocycles. The third-order valence-corrected chi connectivity index (χ3v) is 4.81. The zero-order valence-electron chi connectivity index (χ0n) is 14.8. The molecule has 8 nitrogen and oxygen atoms in total. The van der Waals surface area contributed by atoms with E-state index in [2.05, 4.69) is 17.4 Å². The monoisotopic (exact) mass is 369 g/mol. The number of non-ortho nitro benzene ring substituents is 2. The van der Waals surface area contributed by atoms with Crippen LogP contribution in [0.3, 0.4) is 0 Å². The third kappa shape index (κ3) is 4.11. The van der Waals surface area contributed by atoms with Gasteiger partial charge < -0.3 is 5.32 Å². The third-order valence-electron chi connectivity index (χ3n) is 4.81. The highest BCUT2D eigenvalue weighted by Gasteiger charge is 2.21. The van der Waals surface area contributed by atoms with Gasteiger partial charge in [-0.25, -0.2) is 0 Å². The number of carbonyl (C=O) groups is 1. The molecule has 0 fully saturated rings. The Morgan fingerprint density at radius 1 is 0.963 bits per heavy atom. The summed E-state index contributed by atoms with van der Waals surface area (Å²) in [6.45, 7) is 1.81. The molecule has 0 saturated carbocycles. The zero-order valence-corrected chi connectivity index (χ0v) is 14.8. The van der Waals surface area contributed by atoms with Gasteiger partial charge in [0.2, 0.25) is 0 Å². The number of nitrogens with one attached hydrogen (secondary N) is 1.